The summed E-state index contributed by atoms with van der Waals surface area (Å²) >= 11 is 19.1. The predicted octanol–water partition coefficient (Wildman–Crippen LogP) is 4.29. The smallest absolute Gasteiger partial charge is 0.263 e. The van der Waals surface area contributed by atoms with Gasteiger partial charge in [0.25, 0.3) is 5.91 Å². The Morgan fingerprint density at radius 2 is 1.91 bits per heavy atom. The molecule has 2 rings (SSSR count). The van der Waals surface area contributed by atoms with E-state index in [9.17, 15) is 4.79 Å². The number of halogens is 3. The third-order valence-electron chi connectivity index (χ3n) is 2.75. The van der Waals surface area contributed by atoms with E-state index in [1.807, 2.05) is 0 Å². The molecule has 0 saturated carbocycles. The summed E-state index contributed by atoms with van der Waals surface area (Å²) in [6, 6.07) is 10.5. The van der Waals surface area contributed by atoms with Gasteiger partial charge in [0.2, 0.25) is 3.79 Å². The number of carbonyl (C=O) groups excluding carboxylic acids is 1. The number of hydrogen-bond acceptors (Lipinski definition) is 4. The monoisotopic (exact) mass is 378 g/mol. The van der Waals surface area contributed by atoms with Crippen LogP contribution in [-0.4, -0.2) is 23.0 Å². The van der Waals surface area contributed by atoms with Crippen molar-refractivity contribution in [3.05, 3.63) is 46.7 Å². The summed E-state index contributed by atoms with van der Waals surface area (Å²) in [4.78, 5) is 12.7. The van der Waals surface area contributed by atoms with E-state index in [0.717, 1.165) is 0 Å². The van der Waals surface area contributed by atoms with Crippen molar-refractivity contribution in [2.45, 2.75) is 9.96 Å². The van der Waals surface area contributed by atoms with Crippen LogP contribution in [0.2, 0.25) is 0 Å². The van der Waals surface area contributed by atoms with Crippen molar-refractivity contribution < 1.29 is 9.53 Å². The van der Waals surface area contributed by atoms with Crippen LogP contribution in [-0.2, 0) is 0 Å². The summed E-state index contributed by atoms with van der Waals surface area (Å²) in [5.74, 6) is 0.394. The Morgan fingerprint density at radius 1 is 1.23 bits per heavy atom. The van der Waals surface area contributed by atoms with Crippen molar-refractivity contribution in [2.75, 3.05) is 12.4 Å². The molecule has 118 valence electrons. The van der Waals surface area contributed by atoms with Crippen molar-refractivity contribution in [1.82, 2.24) is 5.32 Å². The molecule has 0 saturated heterocycles. The number of ether oxygens (including phenoxy) is 1. The molecule has 2 N–H and O–H groups in total. The Labute approximate surface area is 147 Å². The molecular formula is C14H13Cl3N2O2S. The SMILES string of the molecule is COc1ccc(NC(NC(=O)c2cccs2)C(Cl)(Cl)Cl)cc1. The zero-order chi connectivity index (χ0) is 16.2. The maximum Gasteiger partial charge on any atom is 0.263 e. The minimum atomic E-state index is -1.72. The molecule has 0 aliphatic heterocycles. The summed E-state index contributed by atoms with van der Waals surface area (Å²) in [6.07, 6.45) is -0.888. The average Bonchev–Trinajstić information content (AvgIpc) is 3.00. The molecule has 4 nitrogen and oxygen atoms in total. The van der Waals surface area contributed by atoms with Crippen LogP contribution in [0.5, 0.6) is 5.75 Å². The zero-order valence-electron chi connectivity index (χ0n) is 11.5. The largest absolute Gasteiger partial charge is 0.497 e. The standard InChI is InChI=1S/C14H13Cl3N2O2S/c1-21-10-6-4-9(5-7-10)18-13(14(15,16)17)19-12(20)11-3-2-8-22-11/h2-8,13,18H,1H3,(H,19,20). The lowest BCUT2D eigenvalue weighted by Gasteiger charge is -2.27. The maximum absolute atomic E-state index is 12.1. The summed E-state index contributed by atoms with van der Waals surface area (Å²) < 4.78 is 3.37. The van der Waals surface area contributed by atoms with E-state index in [0.29, 0.717) is 16.3 Å². The highest BCUT2D eigenvalue weighted by molar-refractivity contribution is 7.12. The van der Waals surface area contributed by atoms with Gasteiger partial charge in [-0.1, -0.05) is 40.9 Å². The Morgan fingerprint density at radius 3 is 2.41 bits per heavy atom. The molecule has 1 atom stereocenters. The highest BCUT2D eigenvalue weighted by atomic mass is 35.6. The van der Waals surface area contributed by atoms with E-state index < -0.39 is 9.96 Å². The van der Waals surface area contributed by atoms with Crippen molar-refractivity contribution in [1.29, 1.82) is 0 Å². The molecule has 1 aromatic heterocycles. The Bertz CT molecular complexity index is 612. The minimum absolute atomic E-state index is 0.313. The number of nitrogens with one attached hydrogen (secondary N) is 2. The first-order valence-electron chi connectivity index (χ1n) is 6.22. The second-order valence-corrected chi connectivity index (χ2v) is 7.61. The van der Waals surface area contributed by atoms with Gasteiger partial charge in [-0.25, -0.2) is 0 Å². The number of methoxy groups -OCH3 is 1. The molecule has 1 amide bonds. The van der Waals surface area contributed by atoms with Crippen molar-refractivity contribution in [2.24, 2.45) is 0 Å². The van der Waals surface area contributed by atoms with Crippen LogP contribution in [0.1, 0.15) is 9.67 Å². The van der Waals surface area contributed by atoms with Crippen LogP contribution in [0.3, 0.4) is 0 Å². The minimum Gasteiger partial charge on any atom is -0.497 e. The van der Waals surface area contributed by atoms with Gasteiger partial charge in [-0.05, 0) is 35.7 Å². The van der Waals surface area contributed by atoms with E-state index in [1.54, 1.807) is 48.9 Å². The summed E-state index contributed by atoms with van der Waals surface area (Å²) in [5.41, 5.74) is 0.684. The molecule has 22 heavy (non-hydrogen) atoms. The highest BCUT2D eigenvalue weighted by Crippen LogP contribution is 2.31. The van der Waals surface area contributed by atoms with E-state index >= 15 is 0 Å². The maximum atomic E-state index is 12.1. The van der Waals surface area contributed by atoms with Crippen LogP contribution in [0.25, 0.3) is 0 Å². The Balaban J connectivity index is 2.10. The lowest BCUT2D eigenvalue weighted by Crippen LogP contribution is -2.48. The fourth-order valence-electron chi connectivity index (χ4n) is 1.66. The first kappa shape index (κ1) is 17.2. The highest BCUT2D eigenvalue weighted by Gasteiger charge is 2.34. The van der Waals surface area contributed by atoms with Crippen molar-refractivity contribution in [3.8, 4) is 5.75 Å². The lowest BCUT2D eigenvalue weighted by molar-refractivity contribution is 0.0946. The first-order chi connectivity index (χ1) is 10.4. The normalized spacial score (nSPS) is 12.5. The number of benzene rings is 1. The molecule has 0 radical (unpaired) electrons. The van der Waals surface area contributed by atoms with Gasteiger partial charge >= 0.3 is 0 Å². The van der Waals surface area contributed by atoms with Crippen LogP contribution < -0.4 is 15.4 Å². The quantitative estimate of drug-likeness (QED) is 0.602. The van der Waals surface area contributed by atoms with Gasteiger partial charge in [0, 0.05) is 5.69 Å². The molecule has 0 fully saturated rings. The Hall–Kier alpha value is -1.14. The van der Waals surface area contributed by atoms with E-state index in [1.165, 1.54) is 11.3 Å². The second kappa shape index (κ2) is 7.42. The molecule has 1 unspecified atom stereocenters. The third kappa shape index (κ3) is 4.68. The average molecular weight is 380 g/mol. The molecule has 0 bridgehead atoms. The first-order valence-corrected chi connectivity index (χ1v) is 8.23. The predicted molar refractivity (Wildman–Crippen MR) is 92.5 cm³/mol. The number of anilines is 1. The molecule has 0 aliphatic rings. The summed E-state index contributed by atoms with van der Waals surface area (Å²) in [5, 5.41) is 7.46. The van der Waals surface area contributed by atoms with Gasteiger partial charge in [-0.3, -0.25) is 4.79 Å². The van der Waals surface area contributed by atoms with Crippen LogP contribution in [0.4, 0.5) is 5.69 Å². The number of rotatable bonds is 5. The Kier molecular flexibility index (Phi) is 5.81. The van der Waals surface area contributed by atoms with Gasteiger partial charge in [0.05, 0.1) is 12.0 Å². The van der Waals surface area contributed by atoms with Gasteiger partial charge in [-0.15, -0.1) is 11.3 Å². The van der Waals surface area contributed by atoms with Gasteiger partial charge in [-0.2, -0.15) is 0 Å². The molecular weight excluding hydrogens is 367 g/mol. The number of alkyl halides is 3. The molecule has 0 spiro atoms. The van der Waals surface area contributed by atoms with Crippen molar-refractivity contribution in [3.63, 3.8) is 0 Å². The topological polar surface area (TPSA) is 50.4 Å². The van der Waals surface area contributed by atoms with E-state index in [2.05, 4.69) is 10.6 Å². The zero-order valence-corrected chi connectivity index (χ0v) is 14.6. The van der Waals surface area contributed by atoms with Crippen LogP contribution in [0, 0.1) is 0 Å². The summed E-state index contributed by atoms with van der Waals surface area (Å²) in [6.45, 7) is 0. The molecule has 2 aromatic rings. The fraction of sp³-hybridized carbons (Fsp3) is 0.214. The van der Waals surface area contributed by atoms with Gasteiger partial charge in [0.15, 0.2) is 0 Å². The number of amides is 1. The van der Waals surface area contributed by atoms with Crippen LogP contribution in [0.15, 0.2) is 41.8 Å². The number of thiophene rings is 1. The third-order valence-corrected chi connectivity index (χ3v) is 4.27. The molecule has 1 aromatic carbocycles. The van der Waals surface area contributed by atoms with Gasteiger partial charge < -0.3 is 15.4 Å². The second-order valence-electron chi connectivity index (χ2n) is 4.30. The number of hydrogen-bond donors (Lipinski definition) is 2. The summed E-state index contributed by atoms with van der Waals surface area (Å²) in [7, 11) is 1.58. The van der Waals surface area contributed by atoms with E-state index in [-0.39, 0.29) is 5.91 Å². The molecule has 0 aliphatic carbocycles. The van der Waals surface area contributed by atoms with Crippen LogP contribution >= 0.6 is 46.1 Å². The molecule has 8 heteroatoms. The lowest BCUT2D eigenvalue weighted by atomic mass is 10.3. The van der Waals surface area contributed by atoms with Gasteiger partial charge in [0.1, 0.15) is 11.9 Å². The molecule has 1 heterocycles. The fourth-order valence-corrected chi connectivity index (χ4v) is 2.62. The van der Waals surface area contributed by atoms with Crippen molar-refractivity contribution >= 4 is 57.7 Å². The number of carbonyl (C=O) groups is 1. The van der Waals surface area contributed by atoms with E-state index in [4.69, 9.17) is 39.5 Å².